The lowest BCUT2D eigenvalue weighted by atomic mass is 10.5. The Morgan fingerprint density at radius 1 is 1.18 bits per heavy atom. The zero-order chi connectivity index (χ0) is 12.3. The van der Waals surface area contributed by atoms with Gasteiger partial charge in [0.15, 0.2) is 0 Å². The number of aromatic nitrogens is 2. The molecule has 0 bridgehead atoms. The number of pyridine rings is 2. The van der Waals surface area contributed by atoms with Crippen LogP contribution in [-0.4, -0.2) is 18.4 Å². The predicted molar refractivity (Wildman–Crippen MR) is 64.3 cm³/mol. The van der Waals surface area contributed by atoms with Gasteiger partial charge in [-0.25, -0.2) is 13.4 Å². The van der Waals surface area contributed by atoms with Gasteiger partial charge in [0.2, 0.25) is 0 Å². The molecule has 5 nitrogen and oxygen atoms in total. The smallest absolute Gasteiger partial charge is 0.263 e. The van der Waals surface area contributed by atoms with E-state index in [-0.39, 0.29) is 15.7 Å². The lowest BCUT2D eigenvalue weighted by Crippen LogP contribution is -2.14. The van der Waals surface area contributed by atoms with Gasteiger partial charge < -0.3 is 0 Å². The van der Waals surface area contributed by atoms with E-state index in [4.69, 9.17) is 11.6 Å². The monoisotopic (exact) mass is 269 g/mol. The van der Waals surface area contributed by atoms with Gasteiger partial charge in [-0.2, -0.15) is 0 Å². The number of hydrogen-bond acceptors (Lipinski definition) is 4. The number of rotatable bonds is 3. The molecule has 1 N–H and O–H groups in total. The first-order valence-corrected chi connectivity index (χ1v) is 6.49. The molecule has 0 unspecified atom stereocenters. The molecule has 2 heterocycles. The Morgan fingerprint density at radius 2 is 2.00 bits per heavy atom. The van der Waals surface area contributed by atoms with E-state index in [0.717, 1.165) is 0 Å². The number of hydrogen-bond donors (Lipinski definition) is 1. The second kappa shape index (κ2) is 4.68. The number of sulfonamides is 1. The molecule has 0 aliphatic carbocycles. The zero-order valence-electron chi connectivity index (χ0n) is 8.54. The van der Waals surface area contributed by atoms with Gasteiger partial charge in [-0.15, -0.1) is 0 Å². The molecule has 17 heavy (non-hydrogen) atoms. The Kier molecular flexibility index (Phi) is 3.26. The molecule has 0 fully saturated rings. The molecule has 7 heteroatoms. The van der Waals surface area contributed by atoms with E-state index in [9.17, 15) is 8.42 Å². The average Bonchev–Trinajstić information content (AvgIpc) is 2.30. The topological polar surface area (TPSA) is 72.0 Å². The molecule has 0 aliphatic rings. The van der Waals surface area contributed by atoms with E-state index in [2.05, 4.69) is 14.7 Å². The Bertz CT molecular complexity index is 616. The summed E-state index contributed by atoms with van der Waals surface area (Å²) in [6.07, 6.45) is 4.10. The van der Waals surface area contributed by atoms with Crippen molar-refractivity contribution in [3.63, 3.8) is 0 Å². The summed E-state index contributed by atoms with van der Waals surface area (Å²) in [5.41, 5.74) is 0. The fourth-order valence-electron chi connectivity index (χ4n) is 1.18. The van der Waals surface area contributed by atoms with E-state index < -0.39 is 10.0 Å². The molecule has 2 rings (SSSR count). The van der Waals surface area contributed by atoms with Gasteiger partial charge in [-0.05, 0) is 18.2 Å². The molecular weight excluding hydrogens is 262 g/mol. The Labute approximate surface area is 104 Å². The second-order valence-electron chi connectivity index (χ2n) is 3.13. The predicted octanol–water partition coefficient (Wildman–Crippen LogP) is 1.93. The second-order valence-corrected chi connectivity index (χ2v) is 5.18. The third-order valence-corrected chi connectivity index (χ3v) is 3.75. The molecular formula is C10H8ClN3O2S. The summed E-state index contributed by atoms with van der Waals surface area (Å²) in [7, 11) is -3.75. The van der Waals surface area contributed by atoms with E-state index in [1.165, 1.54) is 24.7 Å². The highest BCUT2D eigenvalue weighted by Gasteiger charge is 2.18. The lowest BCUT2D eigenvalue weighted by Gasteiger charge is -2.07. The summed E-state index contributed by atoms with van der Waals surface area (Å²) in [4.78, 5) is 7.52. The van der Waals surface area contributed by atoms with Gasteiger partial charge >= 0.3 is 0 Å². The molecule has 0 aromatic carbocycles. The van der Waals surface area contributed by atoms with Crippen molar-refractivity contribution < 1.29 is 8.42 Å². The molecule has 0 aliphatic heterocycles. The maximum Gasteiger partial charge on any atom is 0.266 e. The minimum absolute atomic E-state index is 0.0766. The maximum atomic E-state index is 11.9. The standard InChI is InChI=1S/C10H8ClN3O2S/c11-8-4-6-12-7-9(8)17(15,16)14-10-3-1-2-5-13-10/h1-7H,(H,13,14). The highest BCUT2D eigenvalue weighted by atomic mass is 35.5. The van der Waals surface area contributed by atoms with Crippen LogP contribution in [0.4, 0.5) is 5.82 Å². The first-order valence-electron chi connectivity index (χ1n) is 4.63. The van der Waals surface area contributed by atoms with E-state index in [1.807, 2.05) is 0 Å². The van der Waals surface area contributed by atoms with E-state index in [0.29, 0.717) is 0 Å². The minimum atomic E-state index is -3.75. The van der Waals surface area contributed by atoms with Crippen LogP contribution in [0, 0.1) is 0 Å². The van der Waals surface area contributed by atoms with Crippen LogP contribution in [0.15, 0.2) is 47.8 Å². The van der Waals surface area contributed by atoms with Gasteiger partial charge in [0, 0.05) is 18.6 Å². The van der Waals surface area contributed by atoms with Crippen LogP contribution >= 0.6 is 11.6 Å². The first-order chi connectivity index (χ1) is 8.09. The van der Waals surface area contributed by atoms with Crippen molar-refractivity contribution in [2.45, 2.75) is 4.90 Å². The third-order valence-electron chi connectivity index (χ3n) is 1.93. The Balaban J connectivity index is 2.36. The fourth-order valence-corrected chi connectivity index (χ4v) is 2.62. The quantitative estimate of drug-likeness (QED) is 0.924. The zero-order valence-corrected chi connectivity index (χ0v) is 10.1. The van der Waals surface area contributed by atoms with Crippen molar-refractivity contribution in [1.29, 1.82) is 0 Å². The number of nitrogens with zero attached hydrogens (tertiary/aromatic N) is 2. The number of anilines is 1. The summed E-state index contributed by atoms with van der Waals surface area (Å²) in [6.45, 7) is 0. The van der Waals surface area contributed by atoms with Crippen LogP contribution < -0.4 is 4.72 Å². The van der Waals surface area contributed by atoms with E-state index in [1.54, 1.807) is 18.2 Å². The molecule has 0 atom stereocenters. The minimum Gasteiger partial charge on any atom is -0.263 e. The molecule has 2 aromatic rings. The van der Waals surface area contributed by atoms with Crippen LogP contribution in [0.1, 0.15) is 0 Å². The van der Waals surface area contributed by atoms with Crippen molar-refractivity contribution in [3.8, 4) is 0 Å². The molecule has 0 saturated carbocycles. The largest absolute Gasteiger partial charge is 0.266 e. The Morgan fingerprint density at radius 3 is 2.65 bits per heavy atom. The lowest BCUT2D eigenvalue weighted by molar-refractivity contribution is 0.600. The van der Waals surface area contributed by atoms with Crippen LogP contribution in [-0.2, 0) is 10.0 Å². The van der Waals surface area contributed by atoms with Crippen molar-refractivity contribution in [2.75, 3.05) is 4.72 Å². The highest BCUT2D eigenvalue weighted by molar-refractivity contribution is 7.92. The normalized spacial score (nSPS) is 11.1. The summed E-state index contributed by atoms with van der Waals surface area (Å²) < 4.78 is 26.2. The molecule has 88 valence electrons. The highest BCUT2D eigenvalue weighted by Crippen LogP contribution is 2.21. The molecule has 0 amide bonds. The van der Waals surface area contributed by atoms with Gasteiger partial charge in [0.1, 0.15) is 10.7 Å². The van der Waals surface area contributed by atoms with Crippen molar-refractivity contribution in [1.82, 2.24) is 9.97 Å². The molecule has 0 radical (unpaired) electrons. The molecule has 0 spiro atoms. The summed E-state index contributed by atoms with van der Waals surface area (Å²) >= 11 is 5.80. The van der Waals surface area contributed by atoms with Gasteiger partial charge in [0.25, 0.3) is 10.0 Å². The molecule has 0 saturated heterocycles. The van der Waals surface area contributed by atoms with Crippen LogP contribution in [0.2, 0.25) is 5.02 Å². The van der Waals surface area contributed by atoms with Gasteiger partial charge in [0.05, 0.1) is 5.02 Å². The average molecular weight is 270 g/mol. The first kappa shape index (κ1) is 11.8. The Hall–Kier alpha value is -1.66. The van der Waals surface area contributed by atoms with Gasteiger partial charge in [-0.1, -0.05) is 17.7 Å². The molecule has 2 aromatic heterocycles. The number of halogens is 1. The third kappa shape index (κ3) is 2.72. The summed E-state index contributed by atoms with van der Waals surface area (Å²) in [6, 6.07) is 6.32. The van der Waals surface area contributed by atoms with Crippen molar-refractivity contribution >= 4 is 27.4 Å². The van der Waals surface area contributed by atoms with Gasteiger partial charge in [-0.3, -0.25) is 9.71 Å². The summed E-state index contributed by atoms with van der Waals surface area (Å²) in [5, 5.41) is 0.114. The van der Waals surface area contributed by atoms with E-state index >= 15 is 0 Å². The van der Waals surface area contributed by atoms with Crippen LogP contribution in [0.25, 0.3) is 0 Å². The van der Waals surface area contributed by atoms with Crippen LogP contribution in [0.5, 0.6) is 0 Å². The fraction of sp³-hybridized carbons (Fsp3) is 0. The number of nitrogens with one attached hydrogen (secondary N) is 1. The van der Waals surface area contributed by atoms with Crippen LogP contribution in [0.3, 0.4) is 0 Å². The SMILES string of the molecule is O=S(=O)(Nc1ccccn1)c1cnccc1Cl. The van der Waals surface area contributed by atoms with Crippen molar-refractivity contribution in [2.24, 2.45) is 0 Å². The van der Waals surface area contributed by atoms with Crippen molar-refractivity contribution in [3.05, 3.63) is 47.9 Å². The maximum absolute atomic E-state index is 11.9. The summed E-state index contributed by atoms with van der Waals surface area (Å²) in [5.74, 6) is 0.229.